The lowest BCUT2D eigenvalue weighted by Gasteiger charge is -2.34. The molecule has 110 valence electrons. The Balaban J connectivity index is 2.52. The van der Waals surface area contributed by atoms with E-state index >= 15 is 0 Å². The van der Waals surface area contributed by atoms with Crippen LogP contribution in [-0.4, -0.2) is 33.2 Å². The van der Waals surface area contributed by atoms with E-state index in [1.165, 1.54) is 0 Å². The smallest absolute Gasteiger partial charge is 0.427 e. The summed E-state index contributed by atoms with van der Waals surface area (Å²) in [5.41, 5.74) is 2.29. The van der Waals surface area contributed by atoms with Gasteiger partial charge in [0.1, 0.15) is 0 Å². The van der Waals surface area contributed by atoms with Crippen LogP contribution in [0.15, 0.2) is 11.8 Å². The normalized spacial score (nSPS) is 24.6. The first kappa shape index (κ1) is 16.2. The Morgan fingerprint density at radius 2 is 2.05 bits per heavy atom. The first-order valence-corrected chi connectivity index (χ1v) is 9.87. The molecule has 0 saturated carbocycles. The van der Waals surface area contributed by atoms with E-state index in [4.69, 9.17) is 14.2 Å². The van der Waals surface area contributed by atoms with Gasteiger partial charge in [0.15, 0.2) is 6.61 Å². The maximum Gasteiger partial charge on any atom is 0.511 e. The Bertz CT molecular complexity index is 357. The fourth-order valence-corrected chi connectivity index (χ4v) is 2.71. The molecule has 0 amide bonds. The van der Waals surface area contributed by atoms with Crippen LogP contribution in [0, 0.1) is 0 Å². The van der Waals surface area contributed by atoms with E-state index < -0.39 is 20.0 Å². The minimum Gasteiger partial charge on any atom is -0.427 e. The second-order valence-corrected chi connectivity index (χ2v) is 11.9. The van der Waals surface area contributed by atoms with Gasteiger partial charge < -0.3 is 14.2 Å². The molecule has 1 heterocycles. The molecule has 0 aromatic heterocycles. The van der Waals surface area contributed by atoms with Gasteiger partial charge in [0.05, 0.1) is 14.7 Å². The van der Waals surface area contributed by atoms with Crippen LogP contribution >= 0.6 is 0 Å². The predicted octanol–water partition coefficient (Wildman–Crippen LogP) is 3.88. The Hall–Kier alpha value is -0.813. The molecule has 0 spiro atoms. The van der Waals surface area contributed by atoms with Gasteiger partial charge in [-0.05, 0) is 5.04 Å². The van der Waals surface area contributed by atoms with Crippen molar-refractivity contribution in [1.29, 1.82) is 0 Å². The molecule has 5 heteroatoms. The van der Waals surface area contributed by atoms with Crippen molar-refractivity contribution in [3.63, 3.8) is 0 Å². The molecule has 1 atom stereocenters. The summed E-state index contributed by atoms with van der Waals surface area (Å²) < 4.78 is 15.6. The summed E-state index contributed by atoms with van der Waals surface area (Å²) in [7, 11) is -1.43. The van der Waals surface area contributed by atoms with Crippen LogP contribution in [0.3, 0.4) is 0 Å². The highest BCUT2D eigenvalue weighted by atomic mass is 28.3. The molecule has 0 aromatic rings. The third-order valence-electron chi connectivity index (χ3n) is 4.13. The first-order valence-electron chi connectivity index (χ1n) is 6.79. The minimum atomic E-state index is -1.43. The van der Waals surface area contributed by atoms with Crippen LogP contribution < -0.4 is 0 Å². The van der Waals surface area contributed by atoms with Crippen LogP contribution in [0.5, 0.6) is 0 Å². The quantitative estimate of drug-likeness (QED) is 0.568. The molecule has 1 unspecified atom stereocenters. The molecule has 0 radical (unpaired) electrons. The molecule has 0 N–H and O–H groups in total. The van der Waals surface area contributed by atoms with Gasteiger partial charge in [-0.25, -0.2) is 4.79 Å². The molecule has 1 aliphatic rings. The lowest BCUT2D eigenvalue weighted by molar-refractivity contribution is -0.173. The van der Waals surface area contributed by atoms with Crippen LogP contribution in [0.1, 0.15) is 34.1 Å². The second kappa shape index (κ2) is 5.67. The molecule has 0 aromatic carbocycles. The molecule has 4 nitrogen and oxygen atoms in total. The van der Waals surface area contributed by atoms with Crippen molar-refractivity contribution in [3.05, 3.63) is 11.8 Å². The summed E-state index contributed by atoms with van der Waals surface area (Å²) in [6.45, 7) is 14.0. The number of ether oxygens (including phenoxy) is 3. The zero-order valence-corrected chi connectivity index (χ0v) is 13.9. The number of carbonyl (C=O) groups is 1. The van der Waals surface area contributed by atoms with Gasteiger partial charge in [0, 0.05) is 6.42 Å². The summed E-state index contributed by atoms with van der Waals surface area (Å²) >= 11 is 0. The number of rotatable bonds is 5. The number of hydrogen-bond donors (Lipinski definition) is 0. The Kier molecular flexibility index (Phi) is 4.85. The summed E-state index contributed by atoms with van der Waals surface area (Å²) in [5.74, 6) is -0.894. The van der Waals surface area contributed by atoms with Gasteiger partial charge in [-0.3, -0.25) is 0 Å². The summed E-state index contributed by atoms with van der Waals surface area (Å²) in [5, 5.41) is 0.314. The van der Waals surface area contributed by atoms with Gasteiger partial charge in [0.2, 0.25) is 0 Å². The number of carbonyl (C=O) groups excluding carboxylic acids is 1. The van der Waals surface area contributed by atoms with Crippen molar-refractivity contribution in [1.82, 2.24) is 0 Å². The third-order valence-corrected chi connectivity index (χ3v) is 9.06. The van der Waals surface area contributed by atoms with Gasteiger partial charge in [-0.15, -0.1) is 0 Å². The number of hydrogen-bond acceptors (Lipinski definition) is 4. The highest BCUT2D eigenvalue weighted by Crippen LogP contribution is 2.36. The average molecular weight is 286 g/mol. The molecule has 1 saturated heterocycles. The van der Waals surface area contributed by atoms with Crippen molar-refractivity contribution in [2.24, 2.45) is 0 Å². The highest BCUT2D eigenvalue weighted by molar-refractivity contribution is 6.84. The van der Waals surface area contributed by atoms with Gasteiger partial charge in [0.25, 0.3) is 5.79 Å². The first-order chi connectivity index (χ1) is 8.62. The van der Waals surface area contributed by atoms with E-state index in [1.807, 2.05) is 13.0 Å². The van der Waals surface area contributed by atoms with E-state index in [1.54, 1.807) is 0 Å². The molecular formula is C14H26O4Si. The molecule has 0 aliphatic carbocycles. The van der Waals surface area contributed by atoms with E-state index in [0.717, 1.165) is 0 Å². The van der Waals surface area contributed by atoms with Crippen LogP contribution in [-0.2, 0) is 14.2 Å². The monoisotopic (exact) mass is 286 g/mol. The molecular weight excluding hydrogens is 260 g/mol. The summed E-state index contributed by atoms with van der Waals surface area (Å²) in [6, 6.07) is 0. The maximum absolute atomic E-state index is 11.0. The zero-order valence-electron chi connectivity index (χ0n) is 12.9. The zero-order chi connectivity index (χ0) is 14.7. The van der Waals surface area contributed by atoms with Crippen LogP contribution in [0.4, 0.5) is 4.79 Å². The highest BCUT2D eigenvalue weighted by Gasteiger charge is 2.42. The third kappa shape index (κ3) is 4.08. The summed E-state index contributed by atoms with van der Waals surface area (Å²) in [4.78, 5) is 11.0. The standard InChI is InChI=1S/C14H26O4Si/c1-7-14(11-16-12(15)18-14)17-9-8-10-19(5,6)13(2,3)4/h8,10H,7,9,11H2,1-6H3. The Morgan fingerprint density at radius 3 is 2.47 bits per heavy atom. The fourth-order valence-electron chi connectivity index (χ4n) is 1.52. The van der Waals surface area contributed by atoms with E-state index in [-0.39, 0.29) is 6.61 Å². The van der Waals surface area contributed by atoms with E-state index in [9.17, 15) is 4.79 Å². The largest absolute Gasteiger partial charge is 0.511 e. The molecule has 19 heavy (non-hydrogen) atoms. The van der Waals surface area contributed by atoms with Crippen molar-refractivity contribution in [3.8, 4) is 0 Å². The lowest BCUT2D eigenvalue weighted by atomic mass is 10.2. The van der Waals surface area contributed by atoms with Crippen LogP contribution in [0.25, 0.3) is 0 Å². The van der Waals surface area contributed by atoms with Gasteiger partial charge in [-0.1, -0.05) is 52.6 Å². The Labute approximate surface area is 117 Å². The van der Waals surface area contributed by atoms with Crippen molar-refractivity contribution in [2.75, 3.05) is 13.2 Å². The van der Waals surface area contributed by atoms with Crippen molar-refractivity contribution in [2.45, 2.75) is 58.0 Å². The fraction of sp³-hybridized carbons (Fsp3) is 0.786. The topological polar surface area (TPSA) is 44.8 Å². The second-order valence-electron chi connectivity index (χ2n) is 6.59. The molecule has 1 rings (SSSR count). The van der Waals surface area contributed by atoms with Crippen molar-refractivity contribution >= 4 is 14.2 Å². The maximum atomic E-state index is 11.0. The average Bonchev–Trinajstić information content (AvgIpc) is 2.66. The minimum absolute atomic E-state index is 0.177. The molecule has 1 fully saturated rings. The Morgan fingerprint density at radius 1 is 1.42 bits per heavy atom. The van der Waals surface area contributed by atoms with Gasteiger partial charge in [-0.2, -0.15) is 0 Å². The van der Waals surface area contributed by atoms with E-state index in [0.29, 0.717) is 18.1 Å². The van der Waals surface area contributed by atoms with E-state index in [2.05, 4.69) is 39.6 Å². The molecule has 0 bridgehead atoms. The lowest BCUT2D eigenvalue weighted by Crippen LogP contribution is -2.36. The van der Waals surface area contributed by atoms with Gasteiger partial charge >= 0.3 is 6.16 Å². The van der Waals surface area contributed by atoms with Crippen molar-refractivity contribution < 1.29 is 19.0 Å². The predicted molar refractivity (Wildman–Crippen MR) is 77.7 cm³/mol. The van der Waals surface area contributed by atoms with Crippen LogP contribution in [0.2, 0.25) is 18.1 Å². The number of cyclic esters (lactones) is 2. The molecule has 1 aliphatic heterocycles. The summed E-state index contributed by atoms with van der Waals surface area (Å²) in [6.07, 6.45) is 1.99. The SMILES string of the molecule is CCC1(OCC=C[Si](C)(C)C(C)(C)C)COC(=O)O1.